The number of ether oxygens (including phenoxy) is 1. The van der Waals surface area contributed by atoms with Crippen molar-refractivity contribution >= 4 is 11.6 Å². The Balaban J connectivity index is 2.37. The van der Waals surface area contributed by atoms with Crippen LogP contribution in [0, 0.1) is 6.92 Å². The lowest BCUT2D eigenvalue weighted by atomic mass is 10.2. The van der Waals surface area contributed by atoms with Gasteiger partial charge < -0.3 is 4.74 Å². The van der Waals surface area contributed by atoms with Crippen molar-refractivity contribution in [3.05, 3.63) is 41.8 Å². The summed E-state index contributed by atoms with van der Waals surface area (Å²) >= 11 is 5.73. The summed E-state index contributed by atoms with van der Waals surface area (Å²) in [5.41, 5.74) is 1.24. The average Bonchev–Trinajstić information content (AvgIpc) is 2.09. The van der Waals surface area contributed by atoms with E-state index in [0.717, 1.165) is 18.1 Å². The third-order valence-electron chi connectivity index (χ3n) is 1.59. The summed E-state index contributed by atoms with van der Waals surface area (Å²) in [7, 11) is 0. The quantitative estimate of drug-likeness (QED) is 0.653. The third kappa shape index (κ3) is 3.24. The van der Waals surface area contributed by atoms with E-state index < -0.39 is 0 Å². The first-order chi connectivity index (χ1) is 5.83. The molecule has 0 saturated heterocycles. The zero-order valence-corrected chi connectivity index (χ0v) is 7.68. The predicted molar refractivity (Wildman–Crippen MR) is 51.3 cm³/mol. The molecule has 0 heterocycles. The van der Waals surface area contributed by atoms with Crippen molar-refractivity contribution in [2.24, 2.45) is 0 Å². The third-order valence-corrected chi connectivity index (χ3v) is 1.84. The van der Waals surface area contributed by atoms with Crippen LogP contribution < -0.4 is 0 Å². The summed E-state index contributed by atoms with van der Waals surface area (Å²) in [6.07, 6.45) is 0.923. The fourth-order valence-corrected chi connectivity index (χ4v) is 1.07. The first-order valence-electron chi connectivity index (χ1n) is 3.94. The van der Waals surface area contributed by atoms with Gasteiger partial charge in [0.05, 0.1) is 6.61 Å². The average molecular weight is 184 g/mol. The Hall–Kier alpha value is -0.530. The van der Waals surface area contributed by atoms with Crippen LogP contribution in [0.15, 0.2) is 24.3 Å². The SMILES string of the molecule is [CH2]COCCc1ccc(Cl)cc1. The van der Waals surface area contributed by atoms with Gasteiger partial charge in [0.1, 0.15) is 0 Å². The van der Waals surface area contributed by atoms with Crippen molar-refractivity contribution in [2.45, 2.75) is 6.42 Å². The molecule has 12 heavy (non-hydrogen) atoms. The first kappa shape index (κ1) is 9.56. The van der Waals surface area contributed by atoms with Gasteiger partial charge in [-0.3, -0.25) is 0 Å². The second kappa shape index (κ2) is 5.18. The lowest BCUT2D eigenvalue weighted by molar-refractivity contribution is 0.164. The minimum atomic E-state index is 0.535. The summed E-state index contributed by atoms with van der Waals surface area (Å²) in [6.45, 7) is 4.85. The van der Waals surface area contributed by atoms with Crippen LogP contribution in [0.25, 0.3) is 0 Å². The molecule has 0 aliphatic heterocycles. The zero-order valence-electron chi connectivity index (χ0n) is 6.92. The molecule has 0 aliphatic rings. The van der Waals surface area contributed by atoms with E-state index in [1.165, 1.54) is 5.56 Å². The number of hydrogen-bond acceptors (Lipinski definition) is 1. The van der Waals surface area contributed by atoms with Crippen LogP contribution in [-0.4, -0.2) is 13.2 Å². The maximum absolute atomic E-state index is 5.73. The fourth-order valence-electron chi connectivity index (χ4n) is 0.943. The molecule has 2 heteroatoms. The number of benzene rings is 1. The van der Waals surface area contributed by atoms with E-state index in [9.17, 15) is 0 Å². The Morgan fingerprint density at radius 2 is 1.92 bits per heavy atom. The highest BCUT2D eigenvalue weighted by molar-refractivity contribution is 6.30. The molecule has 1 radical (unpaired) electrons. The number of halogens is 1. The maximum Gasteiger partial charge on any atom is 0.0506 e. The van der Waals surface area contributed by atoms with E-state index in [1.807, 2.05) is 24.3 Å². The Labute approximate surface area is 78.3 Å². The fraction of sp³-hybridized carbons (Fsp3) is 0.300. The highest BCUT2D eigenvalue weighted by Gasteiger charge is 1.92. The first-order valence-corrected chi connectivity index (χ1v) is 4.32. The molecular formula is C10H12ClO. The highest BCUT2D eigenvalue weighted by atomic mass is 35.5. The van der Waals surface area contributed by atoms with E-state index in [2.05, 4.69) is 6.92 Å². The van der Waals surface area contributed by atoms with Crippen LogP contribution in [0.4, 0.5) is 0 Å². The van der Waals surface area contributed by atoms with Crippen LogP contribution in [0.1, 0.15) is 5.56 Å². The van der Waals surface area contributed by atoms with Crippen molar-refractivity contribution in [1.29, 1.82) is 0 Å². The Kier molecular flexibility index (Phi) is 4.12. The van der Waals surface area contributed by atoms with Crippen LogP contribution >= 0.6 is 11.6 Å². The second-order valence-electron chi connectivity index (χ2n) is 2.49. The Morgan fingerprint density at radius 1 is 1.25 bits per heavy atom. The van der Waals surface area contributed by atoms with Crippen molar-refractivity contribution in [3.63, 3.8) is 0 Å². The maximum atomic E-state index is 5.73. The standard InChI is InChI=1S/C10H12ClO/c1-2-12-8-7-9-3-5-10(11)6-4-9/h3-6H,1-2,7-8H2. The Bertz CT molecular complexity index is 218. The van der Waals surface area contributed by atoms with Gasteiger partial charge in [-0.15, -0.1) is 0 Å². The van der Waals surface area contributed by atoms with Gasteiger partial charge in [0, 0.05) is 11.6 Å². The smallest absolute Gasteiger partial charge is 0.0506 e. The molecule has 0 bridgehead atoms. The summed E-state index contributed by atoms with van der Waals surface area (Å²) in [5.74, 6) is 0. The van der Waals surface area contributed by atoms with Crippen LogP contribution in [0.3, 0.4) is 0 Å². The molecule has 0 amide bonds. The van der Waals surface area contributed by atoms with E-state index in [-0.39, 0.29) is 0 Å². The normalized spacial score (nSPS) is 10.2. The number of rotatable bonds is 4. The van der Waals surface area contributed by atoms with Crippen molar-refractivity contribution in [3.8, 4) is 0 Å². The predicted octanol–water partition coefficient (Wildman–Crippen LogP) is 2.73. The van der Waals surface area contributed by atoms with Crippen molar-refractivity contribution in [1.82, 2.24) is 0 Å². The lowest BCUT2D eigenvalue weighted by Crippen LogP contribution is -1.97. The molecule has 0 aliphatic carbocycles. The summed E-state index contributed by atoms with van der Waals surface area (Å²) in [6, 6.07) is 7.80. The number of hydrogen-bond donors (Lipinski definition) is 0. The molecule has 1 nitrogen and oxygen atoms in total. The van der Waals surface area contributed by atoms with Gasteiger partial charge >= 0.3 is 0 Å². The van der Waals surface area contributed by atoms with E-state index >= 15 is 0 Å². The molecule has 0 unspecified atom stereocenters. The molecule has 65 valence electrons. The monoisotopic (exact) mass is 183 g/mol. The van der Waals surface area contributed by atoms with Crippen molar-refractivity contribution < 1.29 is 4.74 Å². The van der Waals surface area contributed by atoms with Gasteiger partial charge in [-0.25, -0.2) is 0 Å². The van der Waals surface area contributed by atoms with Crippen LogP contribution in [-0.2, 0) is 11.2 Å². The molecule has 1 aromatic carbocycles. The van der Waals surface area contributed by atoms with E-state index in [0.29, 0.717) is 6.61 Å². The summed E-state index contributed by atoms with van der Waals surface area (Å²) in [5, 5.41) is 0.775. The topological polar surface area (TPSA) is 9.23 Å². The molecule has 1 rings (SSSR count). The van der Waals surface area contributed by atoms with Gasteiger partial charge in [-0.05, 0) is 31.0 Å². The molecular weight excluding hydrogens is 172 g/mol. The summed E-state index contributed by atoms with van der Waals surface area (Å²) < 4.78 is 5.12. The molecule has 0 spiro atoms. The van der Waals surface area contributed by atoms with Gasteiger partial charge in [-0.1, -0.05) is 23.7 Å². The van der Waals surface area contributed by atoms with E-state index in [1.54, 1.807) is 0 Å². The van der Waals surface area contributed by atoms with Crippen molar-refractivity contribution in [2.75, 3.05) is 13.2 Å². The van der Waals surface area contributed by atoms with Gasteiger partial charge in [-0.2, -0.15) is 0 Å². The minimum absolute atomic E-state index is 0.535. The molecule has 0 fully saturated rings. The van der Waals surface area contributed by atoms with Crippen LogP contribution in [0.2, 0.25) is 5.02 Å². The zero-order chi connectivity index (χ0) is 8.81. The molecule has 1 aromatic rings. The molecule has 0 saturated carbocycles. The Morgan fingerprint density at radius 3 is 2.50 bits per heavy atom. The van der Waals surface area contributed by atoms with Crippen LogP contribution in [0.5, 0.6) is 0 Å². The lowest BCUT2D eigenvalue weighted by Gasteiger charge is -2.01. The second-order valence-corrected chi connectivity index (χ2v) is 2.93. The van der Waals surface area contributed by atoms with Gasteiger partial charge in [0.25, 0.3) is 0 Å². The molecule has 0 atom stereocenters. The van der Waals surface area contributed by atoms with E-state index in [4.69, 9.17) is 16.3 Å². The summed E-state index contributed by atoms with van der Waals surface area (Å²) in [4.78, 5) is 0. The van der Waals surface area contributed by atoms with Gasteiger partial charge in [0.15, 0.2) is 0 Å². The molecule has 0 N–H and O–H groups in total. The molecule has 0 aromatic heterocycles. The van der Waals surface area contributed by atoms with Gasteiger partial charge in [0.2, 0.25) is 0 Å². The largest absolute Gasteiger partial charge is 0.381 e. The highest BCUT2D eigenvalue weighted by Crippen LogP contribution is 2.09. The minimum Gasteiger partial charge on any atom is -0.381 e.